The molecule has 0 spiro atoms. The third-order valence-electron chi connectivity index (χ3n) is 6.40. The van der Waals surface area contributed by atoms with E-state index in [0.717, 1.165) is 31.9 Å². The number of hydrogen-bond acceptors (Lipinski definition) is 6. The molecule has 0 unspecified atom stereocenters. The van der Waals surface area contributed by atoms with Gasteiger partial charge in [-0.3, -0.25) is 19.1 Å². The number of nitrogens with zero attached hydrogens (tertiary/aromatic N) is 3. The maximum absolute atomic E-state index is 14.0. The van der Waals surface area contributed by atoms with Crippen molar-refractivity contribution in [2.75, 3.05) is 31.1 Å². The Hall–Kier alpha value is -4.04. The van der Waals surface area contributed by atoms with Gasteiger partial charge in [0, 0.05) is 43.0 Å². The van der Waals surface area contributed by atoms with Gasteiger partial charge >= 0.3 is 5.76 Å². The lowest BCUT2D eigenvalue weighted by molar-refractivity contribution is 0.101. The van der Waals surface area contributed by atoms with Crippen LogP contribution < -0.4 is 10.7 Å². The first-order chi connectivity index (χ1) is 16.9. The second-order valence-corrected chi connectivity index (χ2v) is 8.64. The molecule has 5 rings (SSSR count). The fourth-order valence-corrected chi connectivity index (χ4v) is 4.40. The molecule has 0 radical (unpaired) electrons. The lowest BCUT2D eigenvalue weighted by Gasteiger charge is -2.36. The zero-order valence-electron chi connectivity index (χ0n) is 19.2. The van der Waals surface area contributed by atoms with Crippen LogP contribution in [-0.2, 0) is 6.67 Å². The minimum atomic E-state index is -0.592. The third kappa shape index (κ3) is 4.52. The van der Waals surface area contributed by atoms with Crippen LogP contribution in [0, 0.1) is 5.82 Å². The number of aromatic nitrogens is 1. The van der Waals surface area contributed by atoms with E-state index in [1.54, 1.807) is 29.7 Å². The Morgan fingerprint density at radius 1 is 0.914 bits per heavy atom. The number of piperazine rings is 1. The molecule has 35 heavy (non-hydrogen) atoms. The Morgan fingerprint density at radius 3 is 2.29 bits per heavy atom. The van der Waals surface area contributed by atoms with Crippen LogP contribution in [0.2, 0.25) is 0 Å². The number of benzene rings is 3. The van der Waals surface area contributed by atoms with Gasteiger partial charge in [-0.25, -0.2) is 9.18 Å². The van der Waals surface area contributed by atoms with Crippen LogP contribution >= 0.6 is 0 Å². The summed E-state index contributed by atoms with van der Waals surface area (Å²) in [4.78, 5) is 41.2. The molecule has 0 amide bonds. The zero-order valence-corrected chi connectivity index (χ0v) is 19.2. The van der Waals surface area contributed by atoms with Gasteiger partial charge < -0.3 is 9.32 Å². The molecule has 3 aromatic carbocycles. The molecule has 1 aromatic heterocycles. The van der Waals surface area contributed by atoms with E-state index in [2.05, 4.69) is 9.80 Å². The fraction of sp³-hybridized carbons (Fsp3) is 0.222. The number of hydrogen-bond donors (Lipinski definition) is 0. The lowest BCUT2D eigenvalue weighted by Crippen LogP contribution is -2.47. The summed E-state index contributed by atoms with van der Waals surface area (Å²) in [5.41, 5.74) is 2.86. The topological polar surface area (TPSA) is 75.8 Å². The number of carbonyl (C=O) groups excluding carboxylic acids is 2. The number of anilines is 1. The highest BCUT2D eigenvalue weighted by molar-refractivity contribution is 6.10. The Morgan fingerprint density at radius 2 is 1.60 bits per heavy atom. The van der Waals surface area contributed by atoms with Crippen molar-refractivity contribution in [1.82, 2.24) is 9.47 Å². The summed E-state index contributed by atoms with van der Waals surface area (Å²) in [5, 5.41) is 0. The predicted octanol–water partition coefficient (Wildman–Crippen LogP) is 3.95. The minimum Gasteiger partial charge on any atom is -0.408 e. The van der Waals surface area contributed by atoms with Crippen molar-refractivity contribution < 1.29 is 18.4 Å². The van der Waals surface area contributed by atoms with Gasteiger partial charge in [0.25, 0.3) is 0 Å². The molecule has 0 N–H and O–H groups in total. The molecule has 1 fully saturated rings. The van der Waals surface area contributed by atoms with Crippen LogP contribution in [0.1, 0.15) is 33.2 Å². The van der Waals surface area contributed by atoms with E-state index in [4.69, 9.17) is 4.42 Å². The highest BCUT2D eigenvalue weighted by Gasteiger charge is 2.21. The van der Waals surface area contributed by atoms with Crippen LogP contribution in [0.3, 0.4) is 0 Å². The molecule has 0 atom stereocenters. The molecular weight excluding hydrogens is 449 g/mol. The van der Waals surface area contributed by atoms with Gasteiger partial charge in [-0.1, -0.05) is 12.1 Å². The first-order valence-corrected chi connectivity index (χ1v) is 11.4. The number of fused-ring (bicyclic) bond motifs is 1. The first-order valence-electron chi connectivity index (χ1n) is 11.4. The molecule has 0 aliphatic carbocycles. The smallest absolute Gasteiger partial charge is 0.408 e. The van der Waals surface area contributed by atoms with Gasteiger partial charge in [0.15, 0.2) is 17.1 Å². The van der Waals surface area contributed by atoms with Gasteiger partial charge in [-0.15, -0.1) is 0 Å². The third-order valence-corrected chi connectivity index (χ3v) is 6.40. The van der Waals surface area contributed by atoms with Crippen LogP contribution in [0.4, 0.5) is 10.1 Å². The van der Waals surface area contributed by atoms with Gasteiger partial charge in [-0.05, 0) is 61.5 Å². The number of rotatable bonds is 6. The van der Waals surface area contributed by atoms with E-state index in [9.17, 15) is 18.8 Å². The second-order valence-electron chi connectivity index (χ2n) is 8.64. The molecule has 2 heterocycles. The summed E-state index contributed by atoms with van der Waals surface area (Å²) in [5.74, 6) is -1.51. The van der Waals surface area contributed by atoms with Crippen molar-refractivity contribution in [2.24, 2.45) is 0 Å². The average molecular weight is 474 g/mol. The SMILES string of the molecule is CC(=O)c1ccc(N2CCN(Cn3c(=O)oc4cc(C(=O)c5ccccc5F)ccc43)CC2)cc1. The lowest BCUT2D eigenvalue weighted by atomic mass is 10.0. The molecule has 1 aliphatic heterocycles. The molecule has 1 saturated heterocycles. The first kappa shape index (κ1) is 22.7. The van der Waals surface area contributed by atoms with Crippen molar-refractivity contribution >= 4 is 28.4 Å². The minimum absolute atomic E-state index is 0.0255. The summed E-state index contributed by atoms with van der Waals surface area (Å²) < 4.78 is 21.0. The number of Topliss-reactive ketones (excluding diaryl/α,β-unsaturated/α-hetero) is 1. The van der Waals surface area contributed by atoms with Crippen molar-refractivity contribution in [3.05, 3.63) is 99.8 Å². The Bertz CT molecular complexity index is 1460. The molecule has 8 heteroatoms. The Kier molecular flexibility index (Phi) is 6.05. The van der Waals surface area contributed by atoms with Crippen LogP contribution in [0.5, 0.6) is 0 Å². The monoisotopic (exact) mass is 473 g/mol. The molecule has 0 bridgehead atoms. The van der Waals surface area contributed by atoms with Crippen molar-refractivity contribution in [1.29, 1.82) is 0 Å². The largest absolute Gasteiger partial charge is 0.421 e. The van der Waals surface area contributed by atoms with Gasteiger partial charge in [-0.2, -0.15) is 0 Å². The second kappa shape index (κ2) is 9.31. The van der Waals surface area contributed by atoms with E-state index in [1.807, 2.05) is 24.3 Å². The normalized spacial score (nSPS) is 14.4. The maximum Gasteiger partial charge on any atom is 0.421 e. The van der Waals surface area contributed by atoms with E-state index in [-0.39, 0.29) is 16.9 Å². The Balaban J connectivity index is 1.29. The van der Waals surface area contributed by atoms with Gasteiger partial charge in [0.2, 0.25) is 0 Å². The summed E-state index contributed by atoms with van der Waals surface area (Å²) in [7, 11) is 0. The van der Waals surface area contributed by atoms with Crippen LogP contribution in [-0.4, -0.2) is 47.2 Å². The average Bonchev–Trinajstić information content (AvgIpc) is 3.18. The summed E-state index contributed by atoms with van der Waals surface area (Å²) in [6.07, 6.45) is 0. The summed E-state index contributed by atoms with van der Waals surface area (Å²) in [6.45, 7) is 4.98. The van der Waals surface area contributed by atoms with E-state index in [1.165, 1.54) is 24.3 Å². The van der Waals surface area contributed by atoms with Gasteiger partial charge in [0.05, 0.1) is 17.7 Å². The zero-order chi connectivity index (χ0) is 24.5. The van der Waals surface area contributed by atoms with E-state index >= 15 is 0 Å². The Labute approximate surface area is 201 Å². The number of ketones is 2. The van der Waals surface area contributed by atoms with Gasteiger partial charge in [0.1, 0.15) is 5.82 Å². The van der Waals surface area contributed by atoms with E-state index in [0.29, 0.717) is 23.3 Å². The van der Waals surface area contributed by atoms with Crippen LogP contribution in [0.15, 0.2) is 75.9 Å². The highest BCUT2D eigenvalue weighted by atomic mass is 19.1. The molecule has 1 aliphatic rings. The van der Waals surface area contributed by atoms with E-state index < -0.39 is 17.4 Å². The predicted molar refractivity (Wildman–Crippen MR) is 131 cm³/mol. The standard InChI is InChI=1S/C27H24FN3O4/c1-18(32)19-6-9-21(10-7-19)30-14-12-29(13-15-30)17-31-24-11-8-20(16-25(24)35-27(31)34)26(33)22-4-2-3-5-23(22)28/h2-11,16H,12-15,17H2,1H3. The molecule has 0 saturated carbocycles. The van der Waals surface area contributed by atoms with Crippen LogP contribution in [0.25, 0.3) is 11.1 Å². The quantitative estimate of drug-likeness (QED) is 0.395. The summed E-state index contributed by atoms with van der Waals surface area (Å²) in [6, 6.07) is 18.1. The van der Waals surface area contributed by atoms with Crippen molar-refractivity contribution in [2.45, 2.75) is 13.6 Å². The number of oxazole rings is 1. The molecule has 4 aromatic rings. The molecular formula is C27H24FN3O4. The maximum atomic E-state index is 14.0. The summed E-state index contributed by atoms with van der Waals surface area (Å²) >= 11 is 0. The fourth-order valence-electron chi connectivity index (χ4n) is 4.40. The van der Waals surface area contributed by atoms with Crippen molar-refractivity contribution in [3.8, 4) is 0 Å². The molecule has 178 valence electrons. The number of halogens is 1. The number of carbonyl (C=O) groups is 2. The molecule has 7 nitrogen and oxygen atoms in total. The highest BCUT2D eigenvalue weighted by Crippen LogP contribution is 2.21. The van der Waals surface area contributed by atoms with Crippen molar-refractivity contribution in [3.63, 3.8) is 0 Å².